The fourth-order valence-electron chi connectivity index (χ4n) is 4.49. The van der Waals surface area contributed by atoms with Crippen molar-refractivity contribution in [2.75, 3.05) is 38.3 Å². The topological polar surface area (TPSA) is 70.1 Å². The maximum absolute atomic E-state index is 12.9. The third-order valence-corrected chi connectivity index (χ3v) is 6.22. The molecule has 0 aromatic heterocycles. The normalized spacial score (nSPS) is 15.8. The zero-order chi connectivity index (χ0) is 23.5. The number of hydrogen-bond acceptors (Lipinski definition) is 4. The Morgan fingerprint density at radius 3 is 2.42 bits per heavy atom. The van der Waals surface area contributed by atoms with Crippen molar-refractivity contribution in [2.45, 2.75) is 51.5 Å². The van der Waals surface area contributed by atoms with E-state index in [1.807, 2.05) is 6.07 Å². The summed E-state index contributed by atoms with van der Waals surface area (Å²) in [6.45, 7) is 3.16. The molecule has 0 saturated heterocycles. The second-order valence-electron chi connectivity index (χ2n) is 8.76. The number of rotatable bonds is 7. The predicted molar refractivity (Wildman–Crippen MR) is 131 cm³/mol. The second-order valence-corrected chi connectivity index (χ2v) is 8.76. The molecule has 0 bridgehead atoms. The number of carbonyl (C=O) groups excluding carboxylic acids is 1. The molecule has 3 rings (SSSR count). The molecule has 178 valence electrons. The molecule has 33 heavy (non-hydrogen) atoms. The molecule has 1 aliphatic rings. The zero-order valence-corrected chi connectivity index (χ0v) is 19.7. The summed E-state index contributed by atoms with van der Waals surface area (Å²) in [7, 11) is 1.53. The molecular weight excluding hydrogens is 416 g/mol. The van der Waals surface area contributed by atoms with Crippen LogP contribution < -0.4 is 4.90 Å². The summed E-state index contributed by atoms with van der Waals surface area (Å²) in [6, 6.07) is 15.6. The number of nitrogens with zero attached hydrogens (tertiary/aromatic N) is 2. The lowest BCUT2D eigenvalue weighted by Gasteiger charge is -2.29. The molecule has 2 aromatic rings. The van der Waals surface area contributed by atoms with Crippen LogP contribution >= 0.6 is 0 Å². The van der Waals surface area contributed by atoms with Gasteiger partial charge in [-0.05, 0) is 68.1 Å². The monoisotopic (exact) mass is 452 g/mol. The molecule has 0 fully saturated rings. The van der Waals surface area contributed by atoms with Gasteiger partial charge >= 0.3 is 5.97 Å². The number of carboxylic acids is 1. The van der Waals surface area contributed by atoms with Crippen LogP contribution in [0.2, 0.25) is 0 Å². The SMILES string of the molecule is COCC(=O)N1CCCCCCCN(CCCc2ccccc2)Cc2cc(C(=O)O)ccc21. The van der Waals surface area contributed by atoms with E-state index >= 15 is 0 Å². The number of methoxy groups -OCH3 is 1. The van der Waals surface area contributed by atoms with Crippen molar-refractivity contribution in [1.82, 2.24) is 4.90 Å². The Morgan fingerprint density at radius 2 is 1.70 bits per heavy atom. The van der Waals surface area contributed by atoms with Crippen LogP contribution in [0.15, 0.2) is 48.5 Å². The molecule has 2 aromatic carbocycles. The Balaban J connectivity index is 1.85. The highest BCUT2D eigenvalue weighted by Gasteiger charge is 2.21. The summed E-state index contributed by atoms with van der Waals surface area (Å²) in [5.74, 6) is -1.04. The van der Waals surface area contributed by atoms with Gasteiger partial charge < -0.3 is 14.7 Å². The van der Waals surface area contributed by atoms with Crippen LogP contribution in [0.4, 0.5) is 5.69 Å². The number of anilines is 1. The van der Waals surface area contributed by atoms with E-state index in [2.05, 4.69) is 29.2 Å². The summed E-state index contributed by atoms with van der Waals surface area (Å²) in [4.78, 5) is 28.8. The van der Waals surface area contributed by atoms with Crippen molar-refractivity contribution in [2.24, 2.45) is 0 Å². The van der Waals surface area contributed by atoms with Crippen LogP contribution in [0.3, 0.4) is 0 Å². The van der Waals surface area contributed by atoms with E-state index in [1.165, 1.54) is 19.1 Å². The van der Waals surface area contributed by atoms with E-state index in [0.29, 0.717) is 13.1 Å². The molecule has 1 heterocycles. The standard InChI is InChI=1S/C27H36N2O4/c1-33-21-26(30)29-18-9-4-2-3-8-16-28(17-10-13-22-11-6-5-7-12-22)20-24-19-23(27(31)32)14-15-25(24)29/h5-7,11-12,14-15,19H,2-4,8-10,13,16-18,20-21H2,1H3,(H,31,32). The number of amides is 1. The van der Waals surface area contributed by atoms with Crippen molar-refractivity contribution in [3.8, 4) is 0 Å². The van der Waals surface area contributed by atoms with Crippen LogP contribution in [0, 0.1) is 0 Å². The van der Waals surface area contributed by atoms with Gasteiger partial charge in [-0.2, -0.15) is 0 Å². The molecular formula is C27H36N2O4. The number of ether oxygens (including phenoxy) is 1. The average molecular weight is 453 g/mol. The highest BCUT2D eigenvalue weighted by Crippen LogP contribution is 2.26. The third kappa shape index (κ3) is 7.69. The minimum Gasteiger partial charge on any atom is -0.478 e. The predicted octanol–water partition coefficient (Wildman–Crippen LogP) is 4.76. The van der Waals surface area contributed by atoms with Gasteiger partial charge in [0, 0.05) is 25.9 Å². The summed E-state index contributed by atoms with van der Waals surface area (Å²) in [5, 5.41) is 9.57. The Kier molecular flexibility index (Phi) is 9.91. The number of benzene rings is 2. The minimum atomic E-state index is -0.950. The van der Waals surface area contributed by atoms with Crippen molar-refractivity contribution >= 4 is 17.6 Å². The second kappa shape index (κ2) is 13.1. The van der Waals surface area contributed by atoms with Gasteiger partial charge in [0.25, 0.3) is 5.91 Å². The quantitative estimate of drug-likeness (QED) is 0.656. The van der Waals surface area contributed by atoms with E-state index in [4.69, 9.17) is 4.74 Å². The van der Waals surface area contributed by atoms with Crippen LogP contribution in [0.1, 0.15) is 60.0 Å². The van der Waals surface area contributed by atoms with E-state index in [-0.39, 0.29) is 18.1 Å². The Labute approximate surface area is 197 Å². The van der Waals surface area contributed by atoms with Crippen LogP contribution in [0.25, 0.3) is 0 Å². The third-order valence-electron chi connectivity index (χ3n) is 6.22. The van der Waals surface area contributed by atoms with Crippen LogP contribution in [-0.4, -0.2) is 55.2 Å². The summed E-state index contributed by atoms with van der Waals surface area (Å²) >= 11 is 0. The largest absolute Gasteiger partial charge is 0.478 e. The van der Waals surface area contributed by atoms with E-state index in [9.17, 15) is 14.7 Å². The number of carboxylic acid groups (broad SMARTS) is 1. The number of fused-ring (bicyclic) bond motifs is 1. The maximum atomic E-state index is 12.9. The molecule has 0 atom stereocenters. The summed E-state index contributed by atoms with van der Waals surface area (Å²) in [5.41, 5.74) is 3.27. The van der Waals surface area contributed by atoms with Gasteiger partial charge in [-0.1, -0.05) is 49.6 Å². The molecule has 1 N–H and O–H groups in total. The minimum absolute atomic E-state index is 0.0148. The Hall–Kier alpha value is -2.70. The summed E-state index contributed by atoms with van der Waals surface area (Å²) in [6.07, 6.45) is 7.51. The molecule has 6 heteroatoms. The first-order valence-corrected chi connectivity index (χ1v) is 12.0. The molecule has 0 radical (unpaired) electrons. The Morgan fingerprint density at radius 1 is 0.970 bits per heavy atom. The van der Waals surface area contributed by atoms with E-state index in [1.54, 1.807) is 23.1 Å². The number of aromatic carboxylic acids is 1. The van der Waals surface area contributed by atoms with Gasteiger partial charge in [0.1, 0.15) is 6.61 Å². The van der Waals surface area contributed by atoms with Crippen LogP contribution in [0.5, 0.6) is 0 Å². The first-order chi connectivity index (χ1) is 16.1. The van der Waals surface area contributed by atoms with Gasteiger partial charge in [-0.25, -0.2) is 4.79 Å². The number of hydrogen-bond donors (Lipinski definition) is 1. The fraction of sp³-hybridized carbons (Fsp3) is 0.481. The maximum Gasteiger partial charge on any atom is 0.335 e. The van der Waals surface area contributed by atoms with E-state index < -0.39 is 5.97 Å². The van der Waals surface area contributed by atoms with Gasteiger partial charge in [-0.3, -0.25) is 9.69 Å². The highest BCUT2D eigenvalue weighted by molar-refractivity contribution is 5.96. The number of carbonyl (C=O) groups is 2. The van der Waals surface area contributed by atoms with Gasteiger partial charge in [0.2, 0.25) is 0 Å². The average Bonchev–Trinajstić information content (AvgIpc) is 2.80. The van der Waals surface area contributed by atoms with Crippen LogP contribution in [-0.2, 0) is 22.5 Å². The van der Waals surface area contributed by atoms with Gasteiger partial charge in [-0.15, -0.1) is 0 Å². The van der Waals surface area contributed by atoms with Crippen molar-refractivity contribution in [3.05, 3.63) is 65.2 Å². The van der Waals surface area contributed by atoms with Crippen molar-refractivity contribution in [3.63, 3.8) is 0 Å². The van der Waals surface area contributed by atoms with Gasteiger partial charge in [0.05, 0.1) is 5.56 Å². The first-order valence-electron chi connectivity index (χ1n) is 12.0. The highest BCUT2D eigenvalue weighted by atomic mass is 16.5. The van der Waals surface area contributed by atoms with Crippen molar-refractivity contribution < 1.29 is 19.4 Å². The molecule has 0 unspecified atom stereocenters. The van der Waals surface area contributed by atoms with E-state index in [0.717, 1.165) is 62.9 Å². The molecule has 0 saturated carbocycles. The molecule has 0 spiro atoms. The molecule has 6 nitrogen and oxygen atoms in total. The summed E-state index contributed by atoms with van der Waals surface area (Å²) < 4.78 is 5.13. The fourth-order valence-corrected chi connectivity index (χ4v) is 4.49. The molecule has 1 amide bonds. The Bertz CT molecular complexity index is 900. The first kappa shape index (κ1) is 24.9. The lowest BCUT2D eigenvalue weighted by molar-refractivity contribution is -0.122. The zero-order valence-electron chi connectivity index (χ0n) is 19.7. The molecule has 0 aliphatic carbocycles. The molecule has 1 aliphatic heterocycles. The smallest absolute Gasteiger partial charge is 0.335 e. The lowest BCUT2D eigenvalue weighted by Crippen LogP contribution is -2.36. The lowest BCUT2D eigenvalue weighted by atomic mass is 10.0. The van der Waals surface area contributed by atoms with Crippen molar-refractivity contribution in [1.29, 1.82) is 0 Å². The van der Waals surface area contributed by atoms with Gasteiger partial charge in [0.15, 0.2) is 0 Å². The number of aryl methyl sites for hydroxylation is 1.